The number of amides is 2. The summed E-state index contributed by atoms with van der Waals surface area (Å²) in [6.07, 6.45) is 1.65. The van der Waals surface area contributed by atoms with Gasteiger partial charge in [-0.05, 0) is 72.1 Å². The Morgan fingerprint density at radius 2 is 1.83 bits per heavy atom. The van der Waals surface area contributed by atoms with Crippen LogP contribution in [0.1, 0.15) is 22.9 Å². The first kappa shape index (κ1) is 25.1. The largest absolute Gasteiger partial charge is 0.497 e. The molecule has 0 radical (unpaired) electrons. The third-order valence-electron chi connectivity index (χ3n) is 5.89. The second kappa shape index (κ2) is 11.1. The Balaban J connectivity index is 0.000000286. The second-order valence-corrected chi connectivity index (χ2v) is 8.62. The summed E-state index contributed by atoms with van der Waals surface area (Å²) in [7, 11) is 1.55. The summed E-state index contributed by atoms with van der Waals surface area (Å²) in [5.41, 5.74) is 9.24. The van der Waals surface area contributed by atoms with E-state index < -0.39 is 5.91 Å². The van der Waals surface area contributed by atoms with E-state index in [0.717, 1.165) is 35.0 Å². The van der Waals surface area contributed by atoms with Gasteiger partial charge in [-0.3, -0.25) is 9.59 Å². The number of rotatable bonds is 6. The van der Waals surface area contributed by atoms with Crippen LogP contribution < -0.4 is 15.2 Å². The Labute approximate surface area is 212 Å². The molecule has 0 aliphatic carbocycles. The molecule has 1 aliphatic heterocycles. The molecule has 2 heterocycles. The van der Waals surface area contributed by atoms with Crippen molar-refractivity contribution in [1.29, 1.82) is 0 Å². The van der Waals surface area contributed by atoms with Gasteiger partial charge in [0.15, 0.2) is 6.61 Å². The monoisotopic (exact) mass is 509 g/mol. The van der Waals surface area contributed by atoms with Crippen molar-refractivity contribution in [3.05, 3.63) is 94.4 Å². The van der Waals surface area contributed by atoms with E-state index in [-0.39, 0.29) is 18.5 Å². The van der Waals surface area contributed by atoms with Gasteiger partial charge in [0.1, 0.15) is 17.3 Å². The molecule has 1 aliphatic rings. The molecule has 0 saturated carbocycles. The maximum Gasteiger partial charge on any atom is 0.255 e. The first-order chi connectivity index (χ1) is 17.4. The number of halogens is 2. The van der Waals surface area contributed by atoms with Crippen LogP contribution >= 0.6 is 11.6 Å². The summed E-state index contributed by atoms with van der Waals surface area (Å²) in [5.74, 6) is 0.460. The van der Waals surface area contributed by atoms with Crippen molar-refractivity contribution >= 4 is 34.8 Å². The third kappa shape index (κ3) is 5.60. The molecule has 3 aromatic carbocycles. The molecule has 0 fully saturated rings. The summed E-state index contributed by atoms with van der Waals surface area (Å²) >= 11 is 6.17. The number of benzene rings is 3. The van der Waals surface area contributed by atoms with Gasteiger partial charge in [0, 0.05) is 28.2 Å². The van der Waals surface area contributed by atoms with Crippen molar-refractivity contribution in [2.75, 3.05) is 20.3 Å². The van der Waals surface area contributed by atoms with E-state index in [1.54, 1.807) is 36.3 Å². The Bertz CT molecular complexity index is 1360. The first-order valence-electron chi connectivity index (χ1n) is 11.2. The fourth-order valence-electron chi connectivity index (χ4n) is 4.22. The quantitative estimate of drug-likeness (QED) is 0.370. The number of hydrogen-bond donors (Lipinski definition) is 2. The summed E-state index contributed by atoms with van der Waals surface area (Å²) in [6, 6.07) is 18.8. The lowest BCUT2D eigenvalue weighted by molar-refractivity contribution is -0.120. The number of nitrogens with one attached hydrogen (secondary N) is 1. The van der Waals surface area contributed by atoms with E-state index in [1.165, 1.54) is 17.7 Å². The Morgan fingerprint density at radius 3 is 2.47 bits per heavy atom. The van der Waals surface area contributed by atoms with Crippen molar-refractivity contribution in [1.82, 2.24) is 9.88 Å². The molecular formula is C27H25ClFN3O4. The highest BCUT2D eigenvalue weighted by atomic mass is 35.5. The van der Waals surface area contributed by atoms with Gasteiger partial charge in [-0.2, -0.15) is 0 Å². The van der Waals surface area contributed by atoms with Crippen LogP contribution in [0.4, 0.5) is 4.39 Å². The van der Waals surface area contributed by atoms with E-state index >= 15 is 0 Å². The molecule has 0 bridgehead atoms. The van der Waals surface area contributed by atoms with E-state index in [9.17, 15) is 14.0 Å². The summed E-state index contributed by atoms with van der Waals surface area (Å²) in [6.45, 7) is 0.455. The number of ether oxygens (including phenoxy) is 2. The summed E-state index contributed by atoms with van der Waals surface area (Å²) < 4.78 is 22.3. The molecule has 2 amide bonds. The van der Waals surface area contributed by atoms with E-state index in [0.29, 0.717) is 23.1 Å². The number of methoxy groups -OCH3 is 1. The van der Waals surface area contributed by atoms with Crippen molar-refractivity contribution in [3.63, 3.8) is 0 Å². The van der Waals surface area contributed by atoms with Gasteiger partial charge in [-0.1, -0.05) is 23.7 Å². The third-order valence-corrected chi connectivity index (χ3v) is 6.12. The fraction of sp³-hybridized carbons (Fsp3) is 0.185. The van der Waals surface area contributed by atoms with Crippen LogP contribution in [0.15, 0.2) is 66.7 Å². The molecule has 1 aromatic heterocycles. The van der Waals surface area contributed by atoms with Crippen molar-refractivity contribution in [3.8, 4) is 11.5 Å². The van der Waals surface area contributed by atoms with Crippen LogP contribution in [0.2, 0.25) is 5.02 Å². The zero-order valence-electron chi connectivity index (χ0n) is 19.5. The number of H-pyrrole nitrogens is 1. The molecule has 0 spiro atoms. The number of nitrogens with zero attached hydrogens (tertiary/aromatic N) is 1. The maximum atomic E-state index is 12.2. The Kier molecular flexibility index (Phi) is 7.75. The highest BCUT2D eigenvalue weighted by molar-refractivity contribution is 6.31. The zero-order chi connectivity index (χ0) is 25.7. The Hall–Kier alpha value is -4.04. The second-order valence-electron chi connectivity index (χ2n) is 8.18. The van der Waals surface area contributed by atoms with Gasteiger partial charge in [-0.15, -0.1) is 0 Å². The normalized spacial score (nSPS) is 14.4. The van der Waals surface area contributed by atoms with E-state index in [1.807, 2.05) is 30.3 Å². The molecule has 0 saturated heterocycles. The standard InChI is InChI=1S/C20H18ClN3O3.C7H7FO/c21-13-3-6-17-16(9-13)15-7-8-24(11-25)20(19(15)23-17)12-1-4-14(5-2-12)27-10-18(22)26;1-9-7-4-2-6(8)3-5-7/h1-6,9,11,20,23H,7-8,10H2,(H2,22,26);2-5H,1H3. The molecule has 9 heteroatoms. The first-order valence-corrected chi connectivity index (χ1v) is 11.6. The minimum Gasteiger partial charge on any atom is -0.497 e. The zero-order valence-corrected chi connectivity index (χ0v) is 20.3. The predicted molar refractivity (Wildman–Crippen MR) is 136 cm³/mol. The van der Waals surface area contributed by atoms with Crippen LogP contribution in [0, 0.1) is 5.82 Å². The van der Waals surface area contributed by atoms with Crippen LogP contribution in [0.5, 0.6) is 11.5 Å². The number of nitrogens with two attached hydrogens (primary N) is 1. The van der Waals surface area contributed by atoms with Crippen LogP contribution in [-0.2, 0) is 16.0 Å². The lowest BCUT2D eigenvalue weighted by Gasteiger charge is -2.33. The topological polar surface area (TPSA) is 97.7 Å². The average molecular weight is 510 g/mol. The molecule has 4 aromatic rings. The highest BCUT2D eigenvalue weighted by Crippen LogP contribution is 2.38. The average Bonchev–Trinajstić information content (AvgIpc) is 3.26. The van der Waals surface area contributed by atoms with Gasteiger partial charge < -0.3 is 25.1 Å². The van der Waals surface area contributed by atoms with Crippen molar-refractivity contribution in [2.24, 2.45) is 5.73 Å². The van der Waals surface area contributed by atoms with Crippen LogP contribution in [-0.4, -0.2) is 42.5 Å². The minimum atomic E-state index is -0.528. The van der Waals surface area contributed by atoms with Gasteiger partial charge in [-0.25, -0.2) is 4.39 Å². The molecule has 1 unspecified atom stereocenters. The molecule has 186 valence electrons. The van der Waals surface area contributed by atoms with Crippen LogP contribution in [0.25, 0.3) is 10.9 Å². The van der Waals surface area contributed by atoms with Gasteiger partial charge in [0.2, 0.25) is 6.41 Å². The summed E-state index contributed by atoms with van der Waals surface area (Å²) in [5, 5.41) is 1.78. The number of aromatic amines is 1. The fourth-order valence-corrected chi connectivity index (χ4v) is 4.39. The molecular weight excluding hydrogens is 485 g/mol. The maximum absolute atomic E-state index is 12.2. The molecule has 5 rings (SSSR count). The van der Waals surface area contributed by atoms with Gasteiger partial charge >= 0.3 is 0 Å². The van der Waals surface area contributed by atoms with Gasteiger partial charge in [0.05, 0.1) is 13.2 Å². The number of carbonyl (C=O) groups is 2. The number of aromatic nitrogens is 1. The lowest BCUT2D eigenvalue weighted by Crippen LogP contribution is -2.34. The number of primary amides is 1. The predicted octanol–water partition coefficient (Wildman–Crippen LogP) is 4.62. The Morgan fingerprint density at radius 1 is 1.14 bits per heavy atom. The number of fused-ring (bicyclic) bond motifs is 3. The summed E-state index contributed by atoms with van der Waals surface area (Å²) in [4.78, 5) is 27.8. The molecule has 1 atom stereocenters. The lowest BCUT2D eigenvalue weighted by atomic mass is 9.93. The van der Waals surface area contributed by atoms with E-state index in [2.05, 4.69) is 4.98 Å². The van der Waals surface area contributed by atoms with Crippen molar-refractivity contribution < 1.29 is 23.5 Å². The van der Waals surface area contributed by atoms with Gasteiger partial charge in [0.25, 0.3) is 5.91 Å². The van der Waals surface area contributed by atoms with Crippen molar-refractivity contribution in [2.45, 2.75) is 12.5 Å². The number of hydrogen-bond acceptors (Lipinski definition) is 4. The smallest absolute Gasteiger partial charge is 0.255 e. The molecule has 7 nitrogen and oxygen atoms in total. The molecule has 3 N–H and O–H groups in total. The minimum absolute atomic E-state index is 0.170. The highest BCUT2D eigenvalue weighted by Gasteiger charge is 2.31. The van der Waals surface area contributed by atoms with E-state index in [4.69, 9.17) is 26.8 Å². The number of carbonyl (C=O) groups excluding carboxylic acids is 2. The SMILES string of the molecule is COc1ccc(F)cc1.NC(=O)COc1ccc(C2c3[nH]c4ccc(Cl)cc4c3CCN2C=O)cc1. The van der Waals surface area contributed by atoms with Crippen LogP contribution in [0.3, 0.4) is 0 Å². The molecule has 36 heavy (non-hydrogen) atoms.